The van der Waals surface area contributed by atoms with Crippen LogP contribution >= 0.6 is 0 Å². The van der Waals surface area contributed by atoms with E-state index in [1.165, 1.54) is 0 Å². The number of fused-ring (bicyclic) bond motifs is 1. The molecular formula is C16H23N5O2S. The van der Waals surface area contributed by atoms with Crippen molar-refractivity contribution in [1.82, 2.24) is 9.71 Å². The lowest BCUT2D eigenvalue weighted by atomic mass is 10.0. The molecule has 0 aliphatic rings. The van der Waals surface area contributed by atoms with E-state index in [0.29, 0.717) is 5.39 Å². The second-order valence-corrected chi connectivity index (χ2v) is 7.45. The number of sulfonamides is 1. The summed E-state index contributed by atoms with van der Waals surface area (Å²) in [6, 6.07) is 6.46. The summed E-state index contributed by atoms with van der Waals surface area (Å²) in [6.07, 6.45) is 4.04. The third-order valence-corrected chi connectivity index (χ3v) is 5.51. The van der Waals surface area contributed by atoms with Crippen LogP contribution in [0.2, 0.25) is 0 Å². The number of aromatic nitrogens is 1. The number of guanidine groups is 1. The zero-order valence-corrected chi connectivity index (χ0v) is 14.6. The van der Waals surface area contributed by atoms with Crippen LogP contribution in [-0.2, 0) is 10.0 Å². The van der Waals surface area contributed by atoms with Crippen molar-refractivity contribution in [2.24, 2.45) is 22.4 Å². The Hall–Kier alpha value is -2.19. The van der Waals surface area contributed by atoms with Gasteiger partial charge in [-0.3, -0.25) is 4.98 Å². The summed E-state index contributed by atoms with van der Waals surface area (Å²) in [6.45, 7) is 4.12. The molecule has 0 aliphatic carbocycles. The van der Waals surface area contributed by atoms with Crippen molar-refractivity contribution in [1.29, 1.82) is 0 Å². The van der Waals surface area contributed by atoms with Gasteiger partial charge in [0.05, 0.1) is 10.9 Å². The molecular weight excluding hydrogens is 326 g/mol. The normalized spacial score (nSPS) is 14.2. The molecule has 0 amide bonds. The first-order valence-electron chi connectivity index (χ1n) is 7.76. The molecule has 1 aromatic heterocycles. The first kappa shape index (κ1) is 18.2. The number of aliphatic imine (C=N–C) groups is 1. The third kappa shape index (κ3) is 4.21. The van der Waals surface area contributed by atoms with Crippen LogP contribution in [-0.4, -0.2) is 31.9 Å². The molecule has 2 rings (SSSR count). The average Bonchev–Trinajstić information content (AvgIpc) is 2.57. The fourth-order valence-electron chi connectivity index (χ4n) is 2.44. The van der Waals surface area contributed by atoms with Crippen LogP contribution in [0.3, 0.4) is 0 Å². The number of hydrogen-bond acceptors (Lipinski definition) is 4. The maximum Gasteiger partial charge on any atom is 0.241 e. The van der Waals surface area contributed by atoms with Crippen LogP contribution in [0.1, 0.15) is 20.3 Å². The maximum absolute atomic E-state index is 12.7. The van der Waals surface area contributed by atoms with Crippen LogP contribution in [0.4, 0.5) is 0 Å². The van der Waals surface area contributed by atoms with E-state index in [0.717, 1.165) is 11.8 Å². The Bertz CT molecular complexity index is 826. The van der Waals surface area contributed by atoms with Gasteiger partial charge in [0.15, 0.2) is 5.96 Å². The minimum Gasteiger partial charge on any atom is -0.370 e. The maximum atomic E-state index is 12.7. The predicted molar refractivity (Wildman–Crippen MR) is 96.0 cm³/mol. The molecule has 0 aliphatic heterocycles. The lowest BCUT2D eigenvalue weighted by molar-refractivity contribution is 0.438. The standard InChI is InChI=1S/C16H23N5O2S/c1-3-11(2)14(21-16(17)18)10-20-24(22,23)15-6-4-5-12-9-19-8-7-13(12)15/h4-9,11,14,20H,3,10H2,1-2H3,(H4,17,18,21). The third-order valence-electron chi connectivity index (χ3n) is 4.03. The Labute approximate surface area is 142 Å². The average molecular weight is 349 g/mol. The van der Waals surface area contributed by atoms with Gasteiger partial charge >= 0.3 is 0 Å². The van der Waals surface area contributed by atoms with Crippen molar-refractivity contribution >= 4 is 26.8 Å². The van der Waals surface area contributed by atoms with Gasteiger partial charge in [-0.25, -0.2) is 18.1 Å². The molecule has 0 radical (unpaired) electrons. The quantitative estimate of drug-likeness (QED) is 0.512. The lowest BCUT2D eigenvalue weighted by Gasteiger charge is -2.20. The van der Waals surface area contributed by atoms with E-state index < -0.39 is 10.0 Å². The van der Waals surface area contributed by atoms with Crippen molar-refractivity contribution in [3.8, 4) is 0 Å². The molecule has 1 heterocycles. The Balaban J connectivity index is 2.28. The number of hydrogen-bond donors (Lipinski definition) is 3. The Morgan fingerprint density at radius 1 is 1.33 bits per heavy atom. The number of nitrogens with two attached hydrogens (primary N) is 2. The van der Waals surface area contributed by atoms with Crippen LogP contribution < -0.4 is 16.2 Å². The minimum absolute atomic E-state index is 0.0456. The summed E-state index contributed by atoms with van der Waals surface area (Å²) >= 11 is 0. The van der Waals surface area contributed by atoms with Gasteiger partial charge in [-0.2, -0.15) is 0 Å². The van der Waals surface area contributed by atoms with Gasteiger partial charge < -0.3 is 11.5 Å². The summed E-state index contributed by atoms with van der Waals surface area (Å²) < 4.78 is 28.0. The van der Waals surface area contributed by atoms with Gasteiger partial charge in [0.2, 0.25) is 10.0 Å². The summed E-state index contributed by atoms with van der Waals surface area (Å²) in [5.74, 6) is 0.0993. The van der Waals surface area contributed by atoms with Gasteiger partial charge in [-0.15, -0.1) is 0 Å². The van der Waals surface area contributed by atoms with Gasteiger partial charge in [-0.1, -0.05) is 32.4 Å². The number of pyridine rings is 1. The largest absolute Gasteiger partial charge is 0.370 e. The Kier molecular flexibility index (Phi) is 5.74. The molecule has 0 bridgehead atoms. The van der Waals surface area contributed by atoms with Crippen LogP contribution in [0.25, 0.3) is 10.8 Å². The van der Waals surface area contributed by atoms with Crippen LogP contribution in [0.5, 0.6) is 0 Å². The van der Waals surface area contributed by atoms with Crippen LogP contribution in [0, 0.1) is 5.92 Å². The highest BCUT2D eigenvalue weighted by molar-refractivity contribution is 7.89. The van der Waals surface area contributed by atoms with Gasteiger partial charge in [-0.05, 0) is 18.1 Å². The van der Waals surface area contributed by atoms with Crippen molar-refractivity contribution in [3.05, 3.63) is 36.7 Å². The minimum atomic E-state index is -3.69. The lowest BCUT2D eigenvalue weighted by Crippen LogP contribution is -2.37. The first-order chi connectivity index (χ1) is 11.3. The highest BCUT2D eigenvalue weighted by Gasteiger charge is 2.21. The summed E-state index contributed by atoms with van der Waals surface area (Å²) in [4.78, 5) is 8.38. The first-order valence-corrected chi connectivity index (χ1v) is 9.24. The van der Waals surface area contributed by atoms with E-state index in [-0.39, 0.29) is 29.4 Å². The molecule has 2 aromatic rings. The smallest absolute Gasteiger partial charge is 0.241 e. The molecule has 0 fully saturated rings. The molecule has 24 heavy (non-hydrogen) atoms. The number of nitrogens with one attached hydrogen (secondary N) is 1. The molecule has 8 heteroatoms. The molecule has 0 saturated heterocycles. The van der Waals surface area contributed by atoms with Crippen molar-refractivity contribution in [2.75, 3.05) is 6.54 Å². The summed E-state index contributed by atoms with van der Waals surface area (Å²) in [5, 5.41) is 1.39. The molecule has 1 aromatic carbocycles. The van der Waals surface area contributed by atoms with E-state index in [1.807, 2.05) is 19.9 Å². The van der Waals surface area contributed by atoms with Gasteiger partial charge in [0.1, 0.15) is 0 Å². The van der Waals surface area contributed by atoms with Crippen LogP contribution in [0.15, 0.2) is 46.5 Å². The predicted octanol–water partition coefficient (Wildman–Crippen LogP) is 1.20. The van der Waals surface area contributed by atoms with Crippen molar-refractivity contribution in [3.63, 3.8) is 0 Å². The Morgan fingerprint density at radius 2 is 2.08 bits per heavy atom. The zero-order valence-electron chi connectivity index (χ0n) is 13.8. The van der Waals surface area contributed by atoms with Gasteiger partial charge in [0, 0.05) is 29.7 Å². The van der Waals surface area contributed by atoms with Crippen molar-refractivity contribution in [2.45, 2.75) is 31.2 Å². The second-order valence-electron chi connectivity index (χ2n) is 5.71. The number of rotatable bonds is 7. The van der Waals surface area contributed by atoms with E-state index in [1.54, 1.807) is 30.6 Å². The molecule has 2 unspecified atom stereocenters. The highest BCUT2D eigenvalue weighted by atomic mass is 32.2. The van der Waals surface area contributed by atoms with E-state index in [4.69, 9.17) is 11.5 Å². The number of nitrogens with zero attached hydrogens (tertiary/aromatic N) is 2. The monoisotopic (exact) mass is 349 g/mol. The molecule has 2 atom stereocenters. The topological polar surface area (TPSA) is 123 Å². The molecule has 7 nitrogen and oxygen atoms in total. The van der Waals surface area contributed by atoms with E-state index in [2.05, 4.69) is 14.7 Å². The number of benzene rings is 1. The van der Waals surface area contributed by atoms with E-state index in [9.17, 15) is 8.42 Å². The fraction of sp³-hybridized carbons (Fsp3) is 0.375. The summed E-state index contributed by atoms with van der Waals surface area (Å²) in [5.41, 5.74) is 10.9. The van der Waals surface area contributed by atoms with E-state index >= 15 is 0 Å². The zero-order chi connectivity index (χ0) is 17.7. The molecule has 0 spiro atoms. The molecule has 0 saturated carbocycles. The fourth-order valence-corrected chi connectivity index (χ4v) is 3.72. The van der Waals surface area contributed by atoms with Crippen molar-refractivity contribution < 1.29 is 8.42 Å². The molecule has 130 valence electrons. The molecule has 5 N–H and O–H groups in total. The van der Waals surface area contributed by atoms with Gasteiger partial charge in [0.25, 0.3) is 0 Å². The second kappa shape index (κ2) is 7.59. The SMILES string of the molecule is CCC(C)C(CNS(=O)(=O)c1cccc2cnccc12)N=C(N)N. The summed E-state index contributed by atoms with van der Waals surface area (Å²) in [7, 11) is -3.69. The Morgan fingerprint density at radius 3 is 2.75 bits per heavy atom. The highest BCUT2D eigenvalue weighted by Crippen LogP contribution is 2.22.